The van der Waals surface area contributed by atoms with Gasteiger partial charge in [-0.3, -0.25) is 9.78 Å². The van der Waals surface area contributed by atoms with Crippen LogP contribution in [0, 0.1) is 0 Å². The Morgan fingerprint density at radius 1 is 1.37 bits per heavy atom. The van der Waals surface area contributed by atoms with Crippen LogP contribution in [0.1, 0.15) is 10.4 Å². The lowest BCUT2D eigenvalue weighted by Crippen LogP contribution is -2.27. The van der Waals surface area contributed by atoms with Gasteiger partial charge in [-0.2, -0.15) is 0 Å². The fourth-order valence-electron chi connectivity index (χ4n) is 1.79. The molecule has 0 bridgehead atoms. The lowest BCUT2D eigenvalue weighted by Gasteiger charge is -2.11. The molecular formula is C14H12N2O3. The van der Waals surface area contributed by atoms with Crippen LogP contribution in [0.5, 0.6) is 0 Å². The van der Waals surface area contributed by atoms with Crippen LogP contribution in [0.2, 0.25) is 0 Å². The van der Waals surface area contributed by atoms with E-state index in [0.29, 0.717) is 11.4 Å². The monoisotopic (exact) mass is 256 g/mol. The molecule has 0 radical (unpaired) electrons. The largest absolute Gasteiger partial charge is 0.477 e. The first-order valence-corrected chi connectivity index (χ1v) is 5.64. The molecule has 2 aromatic rings. The molecule has 0 saturated carbocycles. The van der Waals surface area contributed by atoms with E-state index < -0.39 is 11.5 Å². The Balaban J connectivity index is 2.69. The van der Waals surface area contributed by atoms with E-state index in [2.05, 4.69) is 11.6 Å². The normalized spacial score (nSPS) is 10.1. The maximum Gasteiger partial charge on any atom is 0.341 e. The SMILES string of the molecule is C=CCn1c(-c2ccccn2)ccc(C(=O)O)c1=O. The molecule has 0 unspecified atom stereocenters. The molecule has 2 aromatic heterocycles. The van der Waals surface area contributed by atoms with Gasteiger partial charge in [0.2, 0.25) is 0 Å². The predicted molar refractivity (Wildman–Crippen MR) is 71.1 cm³/mol. The van der Waals surface area contributed by atoms with Crippen molar-refractivity contribution in [3.63, 3.8) is 0 Å². The molecule has 0 amide bonds. The highest BCUT2D eigenvalue weighted by Crippen LogP contribution is 2.15. The molecular weight excluding hydrogens is 244 g/mol. The molecule has 96 valence electrons. The van der Waals surface area contributed by atoms with E-state index in [1.54, 1.807) is 36.5 Å². The summed E-state index contributed by atoms with van der Waals surface area (Å²) in [6.45, 7) is 3.81. The van der Waals surface area contributed by atoms with Crippen molar-refractivity contribution < 1.29 is 9.90 Å². The van der Waals surface area contributed by atoms with Crippen LogP contribution in [0.15, 0.2) is 54.0 Å². The van der Waals surface area contributed by atoms with Crippen molar-refractivity contribution in [2.24, 2.45) is 0 Å². The number of hydrogen-bond acceptors (Lipinski definition) is 3. The number of rotatable bonds is 4. The third-order valence-electron chi connectivity index (χ3n) is 2.64. The number of aromatic carboxylic acids is 1. The highest BCUT2D eigenvalue weighted by atomic mass is 16.4. The minimum absolute atomic E-state index is 0.228. The zero-order chi connectivity index (χ0) is 13.8. The molecule has 1 N–H and O–H groups in total. The van der Waals surface area contributed by atoms with Crippen molar-refractivity contribution in [2.75, 3.05) is 0 Å². The maximum absolute atomic E-state index is 12.1. The Morgan fingerprint density at radius 3 is 2.74 bits per heavy atom. The Morgan fingerprint density at radius 2 is 2.16 bits per heavy atom. The third kappa shape index (κ3) is 2.44. The number of nitrogens with zero attached hydrogens (tertiary/aromatic N) is 2. The van der Waals surface area contributed by atoms with Crippen LogP contribution in [-0.4, -0.2) is 20.6 Å². The van der Waals surface area contributed by atoms with Gasteiger partial charge in [-0.15, -0.1) is 6.58 Å². The summed E-state index contributed by atoms with van der Waals surface area (Å²) < 4.78 is 1.35. The van der Waals surface area contributed by atoms with Gasteiger partial charge < -0.3 is 9.67 Å². The van der Waals surface area contributed by atoms with E-state index in [0.717, 1.165) is 0 Å². The third-order valence-corrected chi connectivity index (χ3v) is 2.64. The molecule has 0 atom stereocenters. The fraction of sp³-hybridized carbons (Fsp3) is 0.0714. The van der Waals surface area contributed by atoms with Crippen LogP contribution in [0.4, 0.5) is 0 Å². The first kappa shape index (κ1) is 12.8. The van der Waals surface area contributed by atoms with Gasteiger partial charge in [0.05, 0.1) is 11.4 Å². The van der Waals surface area contributed by atoms with Crippen molar-refractivity contribution in [2.45, 2.75) is 6.54 Å². The van der Waals surface area contributed by atoms with Crippen molar-refractivity contribution in [1.29, 1.82) is 0 Å². The summed E-state index contributed by atoms with van der Waals surface area (Å²) in [5, 5.41) is 8.96. The summed E-state index contributed by atoms with van der Waals surface area (Å²) in [5.74, 6) is -1.24. The highest BCUT2D eigenvalue weighted by Gasteiger charge is 2.14. The quantitative estimate of drug-likeness (QED) is 0.846. The number of hydrogen-bond donors (Lipinski definition) is 1. The molecule has 19 heavy (non-hydrogen) atoms. The van der Waals surface area contributed by atoms with Crippen LogP contribution in [0.25, 0.3) is 11.4 Å². The number of allylic oxidation sites excluding steroid dienone is 1. The number of carbonyl (C=O) groups is 1. The Hall–Kier alpha value is -2.69. The lowest BCUT2D eigenvalue weighted by atomic mass is 10.2. The molecule has 0 aliphatic heterocycles. The Labute approximate surface area is 109 Å². The fourth-order valence-corrected chi connectivity index (χ4v) is 1.79. The van der Waals surface area contributed by atoms with Crippen molar-refractivity contribution in [1.82, 2.24) is 9.55 Å². The molecule has 0 aromatic carbocycles. The van der Waals surface area contributed by atoms with Crippen LogP contribution < -0.4 is 5.56 Å². The molecule has 0 fully saturated rings. The van der Waals surface area contributed by atoms with Crippen LogP contribution >= 0.6 is 0 Å². The van der Waals surface area contributed by atoms with Crippen LogP contribution in [-0.2, 0) is 6.54 Å². The lowest BCUT2D eigenvalue weighted by molar-refractivity contribution is 0.0694. The van der Waals surface area contributed by atoms with E-state index in [1.807, 2.05) is 0 Å². The highest BCUT2D eigenvalue weighted by molar-refractivity contribution is 5.87. The molecule has 2 heterocycles. The van der Waals surface area contributed by atoms with Gasteiger partial charge in [0.15, 0.2) is 0 Å². The predicted octanol–water partition coefficient (Wildman–Crippen LogP) is 1.79. The summed E-state index contributed by atoms with van der Waals surface area (Å²) in [7, 11) is 0. The van der Waals surface area contributed by atoms with E-state index in [1.165, 1.54) is 10.6 Å². The second kappa shape index (κ2) is 5.30. The molecule has 0 aliphatic rings. The first-order valence-electron chi connectivity index (χ1n) is 5.64. The van der Waals surface area contributed by atoms with Crippen molar-refractivity contribution in [3.8, 4) is 11.4 Å². The first-order chi connectivity index (χ1) is 9.15. The van der Waals surface area contributed by atoms with Crippen molar-refractivity contribution >= 4 is 5.97 Å². The molecule has 0 aliphatic carbocycles. The molecule has 5 nitrogen and oxygen atoms in total. The van der Waals surface area contributed by atoms with Gasteiger partial charge >= 0.3 is 5.97 Å². The van der Waals surface area contributed by atoms with Crippen LogP contribution in [0.3, 0.4) is 0 Å². The average Bonchev–Trinajstić information content (AvgIpc) is 2.41. The molecule has 0 saturated heterocycles. The van der Waals surface area contributed by atoms with Gasteiger partial charge in [0.1, 0.15) is 5.56 Å². The average molecular weight is 256 g/mol. The maximum atomic E-state index is 12.1. The number of carboxylic acids is 1. The van der Waals surface area contributed by atoms with Gasteiger partial charge in [-0.05, 0) is 24.3 Å². The minimum Gasteiger partial charge on any atom is -0.477 e. The standard InChI is InChI=1S/C14H12N2O3/c1-2-9-16-12(11-5-3-4-8-15-11)7-6-10(13(16)17)14(18)19/h2-8H,1,9H2,(H,18,19). The molecule has 2 rings (SSSR count). The Kier molecular flexibility index (Phi) is 3.56. The zero-order valence-corrected chi connectivity index (χ0v) is 10.1. The summed E-state index contributed by atoms with van der Waals surface area (Å²) in [5.41, 5.74) is 0.353. The second-order valence-electron chi connectivity index (χ2n) is 3.86. The number of pyridine rings is 2. The number of aromatic nitrogens is 2. The summed E-state index contributed by atoms with van der Waals surface area (Å²) in [4.78, 5) is 27.2. The molecule has 5 heteroatoms. The van der Waals surface area contributed by atoms with E-state index >= 15 is 0 Å². The summed E-state index contributed by atoms with van der Waals surface area (Å²) in [6.07, 6.45) is 3.16. The van der Waals surface area contributed by atoms with Gasteiger partial charge in [0, 0.05) is 12.7 Å². The van der Waals surface area contributed by atoms with Gasteiger partial charge in [0.25, 0.3) is 5.56 Å². The van der Waals surface area contributed by atoms with E-state index in [4.69, 9.17) is 5.11 Å². The number of carboxylic acid groups (broad SMARTS) is 1. The summed E-state index contributed by atoms with van der Waals surface area (Å²) in [6, 6.07) is 8.21. The van der Waals surface area contributed by atoms with Crippen molar-refractivity contribution in [3.05, 3.63) is 65.1 Å². The Bertz CT molecular complexity index is 675. The topological polar surface area (TPSA) is 72.2 Å². The minimum atomic E-state index is -1.24. The smallest absolute Gasteiger partial charge is 0.341 e. The zero-order valence-electron chi connectivity index (χ0n) is 10.1. The summed E-state index contributed by atoms with van der Waals surface area (Å²) >= 11 is 0. The molecule has 0 spiro atoms. The second-order valence-corrected chi connectivity index (χ2v) is 3.86. The van der Waals surface area contributed by atoms with Gasteiger partial charge in [-0.25, -0.2) is 4.79 Å². The van der Waals surface area contributed by atoms with E-state index in [9.17, 15) is 9.59 Å². The van der Waals surface area contributed by atoms with Gasteiger partial charge in [-0.1, -0.05) is 12.1 Å². The van der Waals surface area contributed by atoms with E-state index in [-0.39, 0.29) is 12.1 Å².